The van der Waals surface area contributed by atoms with E-state index in [1.807, 2.05) is 30.3 Å². The molecule has 0 bridgehead atoms. The fourth-order valence-electron chi connectivity index (χ4n) is 1.66. The fourth-order valence-corrected chi connectivity index (χ4v) is 1.80. The highest BCUT2D eigenvalue weighted by Crippen LogP contribution is 2.20. The van der Waals surface area contributed by atoms with E-state index in [1.165, 1.54) is 0 Å². The van der Waals surface area contributed by atoms with Crippen molar-refractivity contribution in [2.75, 3.05) is 11.9 Å². The SMILES string of the molecule is Cc1c(Cl)ccnc1C(=O)N(C)c1ccccc1. The Labute approximate surface area is 111 Å². The number of rotatable bonds is 2. The Morgan fingerprint density at radius 2 is 1.89 bits per heavy atom. The maximum absolute atomic E-state index is 12.3. The molecule has 2 rings (SSSR count). The number of hydrogen-bond acceptors (Lipinski definition) is 2. The van der Waals surface area contributed by atoms with E-state index in [-0.39, 0.29) is 5.91 Å². The van der Waals surface area contributed by atoms with Crippen molar-refractivity contribution in [3.8, 4) is 0 Å². The van der Waals surface area contributed by atoms with E-state index in [0.717, 1.165) is 5.69 Å². The van der Waals surface area contributed by atoms with Gasteiger partial charge in [-0.25, -0.2) is 0 Å². The van der Waals surface area contributed by atoms with Crippen LogP contribution in [0.15, 0.2) is 42.6 Å². The number of amides is 1. The summed E-state index contributed by atoms with van der Waals surface area (Å²) < 4.78 is 0. The van der Waals surface area contributed by atoms with Gasteiger partial charge in [-0.3, -0.25) is 9.78 Å². The van der Waals surface area contributed by atoms with Crippen molar-refractivity contribution in [2.45, 2.75) is 6.92 Å². The average molecular weight is 261 g/mol. The molecule has 0 N–H and O–H groups in total. The van der Waals surface area contributed by atoms with E-state index in [4.69, 9.17) is 11.6 Å². The minimum absolute atomic E-state index is 0.166. The fraction of sp³-hybridized carbons (Fsp3) is 0.143. The Bertz CT molecular complexity index is 569. The van der Waals surface area contributed by atoms with Crippen LogP contribution in [-0.4, -0.2) is 17.9 Å². The van der Waals surface area contributed by atoms with Crippen molar-refractivity contribution in [2.24, 2.45) is 0 Å². The molecule has 0 atom stereocenters. The lowest BCUT2D eigenvalue weighted by molar-refractivity contribution is 0.0987. The lowest BCUT2D eigenvalue weighted by Gasteiger charge is -2.17. The highest BCUT2D eigenvalue weighted by Gasteiger charge is 2.17. The second-order valence-electron chi connectivity index (χ2n) is 3.97. The molecule has 3 nitrogen and oxygen atoms in total. The summed E-state index contributed by atoms with van der Waals surface area (Å²) in [5.41, 5.74) is 1.91. The van der Waals surface area contributed by atoms with Crippen LogP contribution >= 0.6 is 11.6 Å². The van der Waals surface area contributed by atoms with Crippen LogP contribution in [0, 0.1) is 6.92 Å². The van der Waals surface area contributed by atoms with Crippen LogP contribution in [0.4, 0.5) is 5.69 Å². The van der Waals surface area contributed by atoms with Crippen LogP contribution in [0.25, 0.3) is 0 Å². The number of anilines is 1. The molecule has 0 unspecified atom stereocenters. The van der Waals surface area contributed by atoms with Gasteiger partial charge in [-0.15, -0.1) is 0 Å². The minimum atomic E-state index is -0.166. The lowest BCUT2D eigenvalue weighted by Crippen LogP contribution is -2.27. The van der Waals surface area contributed by atoms with Crippen molar-refractivity contribution in [1.29, 1.82) is 0 Å². The van der Waals surface area contributed by atoms with E-state index in [9.17, 15) is 4.79 Å². The number of aromatic nitrogens is 1. The van der Waals surface area contributed by atoms with E-state index in [1.54, 1.807) is 31.1 Å². The molecular formula is C14H13ClN2O. The predicted molar refractivity (Wildman–Crippen MR) is 73.2 cm³/mol. The first kappa shape index (κ1) is 12.6. The quantitative estimate of drug-likeness (QED) is 0.830. The maximum atomic E-state index is 12.3. The van der Waals surface area contributed by atoms with E-state index < -0.39 is 0 Å². The summed E-state index contributed by atoms with van der Waals surface area (Å²) >= 11 is 6.00. The van der Waals surface area contributed by atoms with Crippen molar-refractivity contribution < 1.29 is 4.79 Å². The molecule has 0 aliphatic rings. The van der Waals surface area contributed by atoms with Gasteiger partial charge in [0.15, 0.2) is 0 Å². The van der Waals surface area contributed by atoms with Gasteiger partial charge < -0.3 is 4.90 Å². The lowest BCUT2D eigenvalue weighted by atomic mass is 10.2. The van der Waals surface area contributed by atoms with Crippen molar-refractivity contribution in [3.05, 3.63) is 58.9 Å². The van der Waals surface area contributed by atoms with Gasteiger partial charge in [-0.1, -0.05) is 29.8 Å². The monoisotopic (exact) mass is 260 g/mol. The van der Waals surface area contributed by atoms with Gasteiger partial charge in [-0.2, -0.15) is 0 Å². The summed E-state index contributed by atoms with van der Waals surface area (Å²) in [5.74, 6) is -0.166. The van der Waals surface area contributed by atoms with Gasteiger partial charge in [0.05, 0.1) is 0 Å². The zero-order valence-corrected chi connectivity index (χ0v) is 11.0. The zero-order chi connectivity index (χ0) is 13.1. The molecule has 1 amide bonds. The topological polar surface area (TPSA) is 33.2 Å². The molecule has 0 saturated carbocycles. The van der Waals surface area contributed by atoms with E-state index in [2.05, 4.69) is 4.98 Å². The second kappa shape index (κ2) is 5.19. The molecule has 1 heterocycles. The van der Waals surface area contributed by atoms with Crippen LogP contribution in [0.3, 0.4) is 0 Å². The molecular weight excluding hydrogens is 248 g/mol. The van der Waals surface area contributed by atoms with Crippen molar-refractivity contribution in [1.82, 2.24) is 4.98 Å². The zero-order valence-electron chi connectivity index (χ0n) is 10.2. The Hall–Kier alpha value is -1.87. The van der Waals surface area contributed by atoms with Crippen LogP contribution in [0.1, 0.15) is 16.1 Å². The Morgan fingerprint density at radius 1 is 1.22 bits per heavy atom. The molecule has 18 heavy (non-hydrogen) atoms. The molecule has 0 aliphatic carbocycles. The normalized spacial score (nSPS) is 10.2. The molecule has 92 valence electrons. The van der Waals surface area contributed by atoms with Gasteiger partial charge in [0.25, 0.3) is 5.91 Å². The molecule has 0 radical (unpaired) electrons. The number of para-hydroxylation sites is 1. The summed E-state index contributed by atoms with van der Waals surface area (Å²) in [6.07, 6.45) is 1.54. The maximum Gasteiger partial charge on any atom is 0.276 e. The van der Waals surface area contributed by atoms with Gasteiger partial charge in [0, 0.05) is 24.0 Å². The number of pyridine rings is 1. The molecule has 0 saturated heterocycles. The molecule has 0 spiro atoms. The third kappa shape index (κ3) is 2.36. The van der Waals surface area contributed by atoms with Crippen molar-refractivity contribution in [3.63, 3.8) is 0 Å². The molecule has 1 aromatic heterocycles. The van der Waals surface area contributed by atoms with Gasteiger partial charge in [0.1, 0.15) is 5.69 Å². The summed E-state index contributed by atoms with van der Waals surface area (Å²) in [7, 11) is 1.72. The standard InChI is InChI=1S/C14H13ClN2O/c1-10-12(15)8-9-16-13(10)14(18)17(2)11-6-4-3-5-7-11/h3-9H,1-2H3. The van der Waals surface area contributed by atoms with E-state index in [0.29, 0.717) is 16.3 Å². The predicted octanol–water partition coefficient (Wildman–Crippen LogP) is 3.32. The highest BCUT2D eigenvalue weighted by molar-refractivity contribution is 6.31. The van der Waals surface area contributed by atoms with Crippen LogP contribution in [0.2, 0.25) is 5.02 Å². The molecule has 0 fully saturated rings. The smallest absolute Gasteiger partial charge is 0.276 e. The van der Waals surface area contributed by atoms with Gasteiger partial charge >= 0.3 is 0 Å². The summed E-state index contributed by atoms with van der Waals surface area (Å²) in [6.45, 7) is 1.79. The first-order valence-corrected chi connectivity index (χ1v) is 5.93. The minimum Gasteiger partial charge on any atom is -0.310 e. The van der Waals surface area contributed by atoms with Crippen LogP contribution < -0.4 is 4.90 Å². The van der Waals surface area contributed by atoms with E-state index >= 15 is 0 Å². The molecule has 4 heteroatoms. The number of carbonyl (C=O) groups excluding carboxylic acids is 1. The average Bonchev–Trinajstić information content (AvgIpc) is 2.41. The Balaban J connectivity index is 2.35. The third-order valence-electron chi connectivity index (χ3n) is 2.79. The number of carbonyl (C=O) groups is 1. The number of nitrogens with zero attached hydrogens (tertiary/aromatic N) is 2. The summed E-state index contributed by atoms with van der Waals surface area (Å²) in [6, 6.07) is 11.1. The number of hydrogen-bond donors (Lipinski definition) is 0. The number of halogens is 1. The molecule has 2 aromatic rings. The van der Waals surface area contributed by atoms with Gasteiger partial charge in [-0.05, 0) is 30.7 Å². The Kier molecular flexibility index (Phi) is 3.63. The first-order chi connectivity index (χ1) is 8.61. The number of benzene rings is 1. The van der Waals surface area contributed by atoms with Crippen molar-refractivity contribution >= 4 is 23.2 Å². The van der Waals surface area contributed by atoms with Crippen LogP contribution in [-0.2, 0) is 0 Å². The third-order valence-corrected chi connectivity index (χ3v) is 3.20. The van der Waals surface area contributed by atoms with Crippen LogP contribution in [0.5, 0.6) is 0 Å². The molecule has 1 aromatic carbocycles. The Morgan fingerprint density at radius 3 is 2.56 bits per heavy atom. The highest BCUT2D eigenvalue weighted by atomic mass is 35.5. The summed E-state index contributed by atoms with van der Waals surface area (Å²) in [4.78, 5) is 18.0. The summed E-state index contributed by atoms with van der Waals surface area (Å²) in [5, 5.41) is 0.551. The molecule has 0 aliphatic heterocycles. The van der Waals surface area contributed by atoms with Gasteiger partial charge in [0.2, 0.25) is 0 Å². The second-order valence-corrected chi connectivity index (χ2v) is 4.37. The first-order valence-electron chi connectivity index (χ1n) is 5.55. The largest absolute Gasteiger partial charge is 0.310 e.